The Kier molecular flexibility index (Phi) is 2.87. The lowest BCUT2D eigenvalue weighted by atomic mass is 10.1. The fourth-order valence-corrected chi connectivity index (χ4v) is 2.69. The molecule has 0 radical (unpaired) electrons. The highest BCUT2D eigenvalue weighted by Crippen LogP contribution is 2.23. The predicted molar refractivity (Wildman–Crippen MR) is 71.2 cm³/mol. The summed E-state index contributed by atoms with van der Waals surface area (Å²) in [5.74, 6) is 0. The maximum Gasteiger partial charge on any atom is 0.0459 e. The number of nitrogens with one attached hydrogen (secondary N) is 2. The first kappa shape index (κ1) is 10.8. The summed E-state index contributed by atoms with van der Waals surface area (Å²) in [6.07, 6.45) is 2.10. The Morgan fingerprint density at radius 1 is 1.24 bits per heavy atom. The average molecular weight is 229 g/mol. The average Bonchev–Trinajstić information content (AvgIpc) is 2.74. The molecule has 3 rings (SSSR count). The first-order chi connectivity index (χ1) is 8.34. The van der Waals surface area contributed by atoms with Crippen LogP contribution in [0.15, 0.2) is 24.4 Å². The van der Waals surface area contributed by atoms with Crippen molar-refractivity contribution in [2.45, 2.75) is 13.5 Å². The van der Waals surface area contributed by atoms with Crippen molar-refractivity contribution in [3.8, 4) is 0 Å². The minimum atomic E-state index is 1.07. The van der Waals surface area contributed by atoms with Gasteiger partial charge in [0.05, 0.1) is 0 Å². The van der Waals surface area contributed by atoms with Gasteiger partial charge in [0.1, 0.15) is 0 Å². The molecular formula is C14H19N3. The van der Waals surface area contributed by atoms with Crippen LogP contribution in [0.1, 0.15) is 11.1 Å². The van der Waals surface area contributed by atoms with E-state index >= 15 is 0 Å². The summed E-state index contributed by atoms with van der Waals surface area (Å²) in [6.45, 7) is 7.78. The second kappa shape index (κ2) is 4.51. The van der Waals surface area contributed by atoms with E-state index in [4.69, 9.17) is 0 Å². The SMILES string of the molecule is Cc1c[nH]c2cccc(CN3CCNCC3)c12. The Bertz CT molecular complexity index is 509. The molecule has 17 heavy (non-hydrogen) atoms. The van der Waals surface area contributed by atoms with E-state index in [1.54, 1.807) is 0 Å². The van der Waals surface area contributed by atoms with Crippen molar-refractivity contribution in [1.29, 1.82) is 0 Å². The Hall–Kier alpha value is -1.32. The number of hydrogen-bond acceptors (Lipinski definition) is 2. The molecule has 0 unspecified atom stereocenters. The van der Waals surface area contributed by atoms with Crippen LogP contribution in [-0.4, -0.2) is 36.1 Å². The van der Waals surface area contributed by atoms with Gasteiger partial charge < -0.3 is 10.3 Å². The van der Waals surface area contributed by atoms with E-state index in [9.17, 15) is 0 Å². The summed E-state index contributed by atoms with van der Waals surface area (Å²) in [7, 11) is 0. The highest BCUT2D eigenvalue weighted by molar-refractivity contribution is 5.86. The van der Waals surface area contributed by atoms with Crippen LogP contribution < -0.4 is 5.32 Å². The Balaban J connectivity index is 1.91. The third-order valence-corrected chi connectivity index (χ3v) is 3.59. The fraction of sp³-hybridized carbons (Fsp3) is 0.429. The molecule has 1 aliphatic rings. The molecule has 0 spiro atoms. The number of H-pyrrole nitrogens is 1. The van der Waals surface area contributed by atoms with Crippen LogP contribution in [0.25, 0.3) is 10.9 Å². The summed E-state index contributed by atoms with van der Waals surface area (Å²) in [5, 5.41) is 4.80. The molecule has 2 N–H and O–H groups in total. The van der Waals surface area contributed by atoms with Crippen molar-refractivity contribution in [3.63, 3.8) is 0 Å². The summed E-state index contributed by atoms with van der Waals surface area (Å²) in [4.78, 5) is 5.86. The summed E-state index contributed by atoms with van der Waals surface area (Å²) < 4.78 is 0. The normalized spacial score (nSPS) is 17.7. The maximum absolute atomic E-state index is 3.40. The number of hydrogen-bond donors (Lipinski definition) is 2. The summed E-state index contributed by atoms with van der Waals surface area (Å²) >= 11 is 0. The first-order valence-corrected chi connectivity index (χ1v) is 6.33. The van der Waals surface area contributed by atoms with Crippen molar-refractivity contribution >= 4 is 10.9 Å². The van der Waals surface area contributed by atoms with Gasteiger partial charge in [0.2, 0.25) is 0 Å². The molecule has 0 aliphatic carbocycles. The Morgan fingerprint density at radius 2 is 2.06 bits per heavy atom. The van der Waals surface area contributed by atoms with Crippen LogP contribution in [0.3, 0.4) is 0 Å². The second-order valence-electron chi connectivity index (χ2n) is 4.84. The standard InChI is InChI=1S/C14H19N3/c1-11-9-16-13-4-2-3-12(14(11)13)10-17-7-5-15-6-8-17/h2-4,9,15-16H,5-8,10H2,1H3. The van der Waals surface area contributed by atoms with Gasteiger partial charge in [-0.1, -0.05) is 12.1 Å². The summed E-state index contributed by atoms with van der Waals surface area (Å²) in [5.41, 5.74) is 4.06. The van der Waals surface area contributed by atoms with E-state index in [0.29, 0.717) is 0 Å². The quantitative estimate of drug-likeness (QED) is 0.824. The van der Waals surface area contributed by atoms with E-state index in [1.807, 2.05) is 0 Å². The van der Waals surface area contributed by atoms with Crippen LogP contribution in [-0.2, 0) is 6.54 Å². The van der Waals surface area contributed by atoms with Gasteiger partial charge in [-0.25, -0.2) is 0 Å². The molecule has 0 atom stereocenters. The molecule has 1 saturated heterocycles. The number of rotatable bonds is 2. The lowest BCUT2D eigenvalue weighted by Gasteiger charge is -2.27. The molecule has 3 nitrogen and oxygen atoms in total. The number of aryl methyl sites for hydroxylation is 1. The molecule has 1 aromatic carbocycles. The van der Waals surface area contributed by atoms with Crippen molar-refractivity contribution in [2.75, 3.05) is 26.2 Å². The van der Waals surface area contributed by atoms with Crippen molar-refractivity contribution in [3.05, 3.63) is 35.5 Å². The van der Waals surface area contributed by atoms with Gasteiger partial charge in [0, 0.05) is 49.8 Å². The molecule has 1 aromatic heterocycles. The largest absolute Gasteiger partial charge is 0.361 e. The molecule has 2 heterocycles. The van der Waals surface area contributed by atoms with Crippen LogP contribution in [0.5, 0.6) is 0 Å². The second-order valence-corrected chi connectivity index (χ2v) is 4.84. The Labute approximate surface area is 102 Å². The van der Waals surface area contributed by atoms with Crippen molar-refractivity contribution < 1.29 is 0 Å². The monoisotopic (exact) mass is 229 g/mol. The molecule has 0 amide bonds. The van der Waals surface area contributed by atoms with Gasteiger partial charge in [0.15, 0.2) is 0 Å². The molecule has 1 aliphatic heterocycles. The van der Waals surface area contributed by atoms with E-state index < -0.39 is 0 Å². The Morgan fingerprint density at radius 3 is 2.88 bits per heavy atom. The van der Waals surface area contributed by atoms with Crippen LogP contribution in [0, 0.1) is 6.92 Å². The molecule has 3 heteroatoms. The number of fused-ring (bicyclic) bond motifs is 1. The fourth-order valence-electron chi connectivity index (χ4n) is 2.69. The van der Waals surface area contributed by atoms with E-state index in [0.717, 1.165) is 32.7 Å². The lowest BCUT2D eigenvalue weighted by Crippen LogP contribution is -2.42. The van der Waals surface area contributed by atoms with Crippen LogP contribution >= 0.6 is 0 Å². The van der Waals surface area contributed by atoms with Crippen LogP contribution in [0.4, 0.5) is 0 Å². The number of benzene rings is 1. The van der Waals surface area contributed by atoms with Gasteiger partial charge in [-0.05, 0) is 24.1 Å². The molecule has 90 valence electrons. The number of nitrogens with zero attached hydrogens (tertiary/aromatic N) is 1. The predicted octanol–water partition coefficient (Wildman–Crippen LogP) is 1.88. The van der Waals surface area contributed by atoms with E-state index in [-0.39, 0.29) is 0 Å². The number of aromatic nitrogens is 1. The highest BCUT2D eigenvalue weighted by atomic mass is 15.2. The van der Waals surface area contributed by atoms with E-state index in [1.165, 1.54) is 22.0 Å². The zero-order valence-corrected chi connectivity index (χ0v) is 10.3. The molecule has 1 fully saturated rings. The highest BCUT2D eigenvalue weighted by Gasteiger charge is 2.12. The zero-order chi connectivity index (χ0) is 11.7. The third kappa shape index (κ3) is 2.08. The minimum Gasteiger partial charge on any atom is -0.361 e. The summed E-state index contributed by atoms with van der Waals surface area (Å²) in [6, 6.07) is 6.56. The van der Waals surface area contributed by atoms with Crippen molar-refractivity contribution in [2.24, 2.45) is 0 Å². The maximum atomic E-state index is 3.40. The number of aromatic amines is 1. The first-order valence-electron chi connectivity index (χ1n) is 6.33. The van der Waals surface area contributed by atoms with Gasteiger partial charge in [-0.15, -0.1) is 0 Å². The van der Waals surface area contributed by atoms with Crippen molar-refractivity contribution in [1.82, 2.24) is 15.2 Å². The molecule has 0 bridgehead atoms. The van der Waals surface area contributed by atoms with Gasteiger partial charge in [-0.2, -0.15) is 0 Å². The molecule has 2 aromatic rings. The lowest BCUT2D eigenvalue weighted by molar-refractivity contribution is 0.234. The minimum absolute atomic E-state index is 1.07. The smallest absolute Gasteiger partial charge is 0.0459 e. The third-order valence-electron chi connectivity index (χ3n) is 3.59. The molecule has 0 saturated carbocycles. The van der Waals surface area contributed by atoms with Crippen LogP contribution in [0.2, 0.25) is 0 Å². The van der Waals surface area contributed by atoms with E-state index in [2.05, 4.69) is 46.5 Å². The number of piperazine rings is 1. The van der Waals surface area contributed by atoms with Gasteiger partial charge in [0.25, 0.3) is 0 Å². The van der Waals surface area contributed by atoms with Gasteiger partial charge in [-0.3, -0.25) is 4.90 Å². The molecular weight excluding hydrogens is 210 g/mol. The zero-order valence-electron chi connectivity index (χ0n) is 10.3. The van der Waals surface area contributed by atoms with Gasteiger partial charge >= 0.3 is 0 Å². The topological polar surface area (TPSA) is 31.1 Å².